The molecule has 0 spiro atoms. The molecule has 120 valence electrons. The first-order valence-electron chi connectivity index (χ1n) is 7.37. The van der Waals surface area contributed by atoms with Crippen LogP contribution in [0.1, 0.15) is 23.6 Å². The largest absolute Gasteiger partial charge is 0.491 e. The molecule has 0 saturated heterocycles. The van der Waals surface area contributed by atoms with E-state index < -0.39 is 0 Å². The van der Waals surface area contributed by atoms with Gasteiger partial charge in [-0.2, -0.15) is 5.26 Å². The van der Waals surface area contributed by atoms with Gasteiger partial charge in [-0.3, -0.25) is 0 Å². The fourth-order valence-corrected chi connectivity index (χ4v) is 2.60. The molecule has 0 fully saturated rings. The molecule has 0 aliphatic rings. The van der Waals surface area contributed by atoms with Crippen molar-refractivity contribution >= 4 is 11.6 Å². The molecule has 0 radical (unpaired) electrons. The van der Waals surface area contributed by atoms with E-state index in [-0.39, 0.29) is 0 Å². The van der Waals surface area contributed by atoms with Gasteiger partial charge < -0.3 is 14.8 Å². The van der Waals surface area contributed by atoms with Crippen LogP contribution in [0.4, 0.5) is 0 Å². The van der Waals surface area contributed by atoms with E-state index in [4.69, 9.17) is 26.3 Å². The molecule has 23 heavy (non-hydrogen) atoms. The summed E-state index contributed by atoms with van der Waals surface area (Å²) in [4.78, 5) is 0. The second kappa shape index (κ2) is 8.42. The third kappa shape index (κ3) is 4.62. The molecule has 2 aromatic rings. The van der Waals surface area contributed by atoms with E-state index in [2.05, 4.69) is 11.4 Å². The van der Waals surface area contributed by atoms with Crippen molar-refractivity contribution in [3.8, 4) is 17.6 Å². The minimum Gasteiger partial charge on any atom is -0.491 e. The van der Waals surface area contributed by atoms with Gasteiger partial charge in [-0.25, -0.2) is 0 Å². The number of nitrogens with one attached hydrogen (secondary N) is 1. The van der Waals surface area contributed by atoms with Crippen molar-refractivity contribution < 1.29 is 9.47 Å². The quantitative estimate of drug-likeness (QED) is 0.836. The Morgan fingerprint density at radius 2 is 1.96 bits per heavy atom. The van der Waals surface area contributed by atoms with Crippen LogP contribution in [0.15, 0.2) is 36.4 Å². The van der Waals surface area contributed by atoms with E-state index in [0.717, 1.165) is 11.1 Å². The van der Waals surface area contributed by atoms with Gasteiger partial charge in [-0.1, -0.05) is 23.7 Å². The highest BCUT2D eigenvalue weighted by atomic mass is 35.5. The van der Waals surface area contributed by atoms with Crippen molar-refractivity contribution in [2.75, 3.05) is 13.7 Å². The first-order valence-corrected chi connectivity index (χ1v) is 7.74. The fourth-order valence-electron chi connectivity index (χ4n) is 2.29. The second-order valence-corrected chi connectivity index (χ2v) is 5.36. The summed E-state index contributed by atoms with van der Waals surface area (Å²) in [6.45, 7) is 3.77. The van der Waals surface area contributed by atoms with Crippen molar-refractivity contribution in [3.63, 3.8) is 0 Å². The lowest BCUT2D eigenvalue weighted by molar-refractivity contribution is 0.310. The van der Waals surface area contributed by atoms with Crippen LogP contribution >= 0.6 is 11.6 Å². The van der Waals surface area contributed by atoms with Gasteiger partial charge >= 0.3 is 0 Å². The van der Waals surface area contributed by atoms with Gasteiger partial charge in [-0.05, 0) is 42.3 Å². The molecule has 0 amide bonds. The number of hydrogen-bond donors (Lipinski definition) is 1. The Balaban J connectivity index is 2.04. The maximum atomic E-state index is 8.92. The maximum absolute atomic E-state index is 8.92. The Bertz CT molecular complexity index is 711. The van der Waals surface area contributed by atoms with Crippen LogP contribution in [0, 0.1) is 11.3 Å². The lowest BCUT2D eigenvalue weighted by Crippen LogP contribution is -2.13. The third-order valence-corrected chi connectivity index (χ3v) is 3.57. The first kappa shape index (κ1) is 17.1. The molecule has 0 aliphatic heterocycles. The van der Waals surface area contributed by atoms with Crippen LogP contribution in [-0.4, -0.2) is 13.7 Å². The van der Waals surface area contributed by atoms with Gasteiger partial charge in [0.05, 0.1) is 30.4 Å². The number of rotatable bonds is 7. The lowest BCUT2D eigenvalue weighted by atomic mass is 10.1. The zero-order valence-electron chi connectivity index (χ0n) is 13.2. The number of hydrogen-bond acceptors (Lipinski definition) is 4. The monoisotopic (exact) mass is 330 g/mol. The highest BCUT2D eigenvalue weighted by molar-refractivity contribution is 6.32. The molecule has 0 bridgehead atoms. The number of ether oxygens (including phenoxy) is 2. The molecule has 5 heteroatoms. The Hall–Kier alpha value is -2.22. The minimum absolute atomic E-state index is 0.529. The minimum atomic E-state index is 0.529. The van der Waals surface area contributed by atoms with E-state index in [1.165, 1.54) is 0 Å². The standard InChI is InChI=1S/C18H19ClN2O2/c1-3-23-17-9-15(8-16(19)18(17)22-2)12-21-11-14-6-4-5-13(7-14)10-20/h4-9,21H,3,11-12H2,1-2H3. The molecule has 0 saturated carbocycles. The van der Waals surface area contributed by atoms with Crippen LogP contribution < -0.4 is 14.8 Å². The molecule has 0 atom stereocenters. The molecular weight excluding hydrogens is 312 g/mol. The summed E-state index contributed by atoms with van der Waals surface area (Å²) in [6.07, 6.45) is 0. The van der Waals surface area contributed by atoms with Crippen LogP contribution in [-0.2, 0) is 13.1 Å². The second-order valence-electron chi connectivity index (χ2n) is 4.96. The van der Waals surface area contributed by atoms with E-state index >= 15 is 0 Å². The predicted molar refractivity (Wildman–Crippen MR) is 90.9 cm³/mol. The topological polar surface area (TPSA) is 54.3 Å². The van der Waals surface area contributed by atoms with Gasteiger partial charge in [0.1, 0.15) is 0 Å². The molecule has 0 aromatic heterocycles. The smallest absolute Gasteiger partial charge is 0.179 e. The van der Waals surface area contributed by atoms with Crippen LogP contribution in [0.5, 0.6) is 11.5 Å². The summed E-state index contributed by atoms with van der Waals surface area (Å²) in [6, 6.07) is 13.5. The maximum Gasteiger partial charge on any atom is 0.179 e. The van der Waals surface area contributed by atoms with Crippen LogP contribution in [0.3, 0.4) is 0 Å². The highest BCUT2D eigenvalue weighted by Crippen LogP contribution is 2.36. The highest BCUT2D eigenvalue weighted by Gasteiger charge is 2.11. The number of methoxy groups -OCH3 is 1. The number of benzene rings is 2. The van der Waals surface area contributed by atoms with Gasteiger partial charge in [0.15, 0.2) is 11.5 Å². The third-order valence-electron chi connectivity index (χ3n) is 3.29. The van der Waals surface area contributed by atoms with Crippen LogP contribution in [0.2, 0.25) is 5.02 Å². The summed E-state index contributed by atoms with van der Waals surface area (Å²) in [5.41, 5.74) is 2.74. The number of halogens is 1. The molecule has 2 rings (SSSR count). The molecule has 4 nitrogen and oxygen atoms in total. The van der Waals surface area contributed by atoms with Gasteiger partial charge in [0.25, 0.3) is 0 Å². The summed E-state index contributed by atoms with van der Waals surface area (Å²) < 4.78 is 10.8. The SMILES string of the molecule is CCOc1cc(CNCc2cccc(C#N)c2)cc(Cl)c1OC. The average Bonchev–Trinajstić information content (AvgIpc) is 2.55. The summed E-state index contributed by atoms with van der Waals surface area (Å²) in [7, 11) is 1.57. The van der Waals surface area contributed by atoms with Crippen molar-refractivity contribution in [2.45, 2.75) is 20.0 Å². The Kier molecular flexibility index (Phi) is 6.28. The van der Waals surface area contributed by atoms with Crippen molar-refractivity contribution in [1.29, 1.82) is 5.26 Å². The fraction of sp³-hybridized carbons (Fsp3) is 0.278. The van der Waals surface area contributed by atoms with E-state index in [0.29, 0.717) is 41.8 Å². The van der Waals surface area contributed by atoms with Gasteiger partial charge in [0, 0.05) is 13.1 Å². The van der Waals surface area contributed by atoms with Crippen molar-refractivity contribution in [3.05, 3.63) is 58.1 Å². The van der Waals surface area contributed by atoms with Crippen molar-refractivity contribution in [1.82, 2.24) is 5.32 Å². The molecule has 0 aliphatic carbocycles. The number of nitriles is 1. The summed E-state index contributed by atoms with van der Waals surface area (Å²) in [5.74, 6) is 1.20. The zero-order chi connectivity index (χ0) is 16.7. The Morgan fingerprint density at radius 3 is 2.65 bits per heavy atom. The molecule has 0 heterocycles. The molecule has 0 unspecified atom stereocenters. The summed E-state index contributed by atoms with van der Waals surface area (Å²) >= 11 is 6.24. The van der Waals surface area contributed by atoms with E-state index in [1.807, 2.05) is 37.3 Å². The zero-order valence-corrected chi connectivity index (χ0v) is 14.0. The normalized spacial score (nSPS) is 10.2. The van der Waals surface area contributed by atoms with Crippen molar-refractivity contribution in [2.24, 2.45) is 0 Å². The predicted octanol–water partition coefficient (Wildman–Crippen LogP) is 3.91. The molecule has 2 aromatic carbocycles. The Morgan fingerprint density at radius 1 is 1.17 bits per heavy atom. The molecular formula is C18H19ClN2O2. The van der Waals surface area contributed by atoms with E-state index in [9.17, 15) is 0 Å². The van der Waals surface area contributed by atoms with Gasteiger partial charge in [-0.15, -0.1) is 0 Å². The first-order chi connectivity index (χ1) is 11.2. The number of nitrogens with zero attached hydrogens (tertiary/aromatic N) is 1. The van der Waals surface area contributed by atoms with Crippen LogP contribution in [0.25, 0.3) is 0 Å². The summed E-state index contributed by atoms with van der Waals surface area (Å²) in [5, 5.41) is 12.8. The van der Waals surface area contributed by atoms with E-state index in [1.54, 1.807) is 13.2 Å². The average molecular weight is 331 g/mol. The Labute approximate surface area is 141 Å². The lowest BCUT2D eigenvalue weighted by Gasteiger charge is -2.13. The molecule has 1 N–H and O–H groups in total. The van der Waals surface area contributed by atoms with Gasteiger partial charge in [0.2, 0.25) is 0 Å².